The Kier molecular flexibility index (Phi) is 8.91. The number of benzene rings is 1. The molecular formula is C21H31N5O2. The van der Waals surface area contributed by atoms with Crippen molar-refractivity contribution >= 4 is 11.8 Å². The zero-order valence-electron chi connectivity index (χ0n) is 17.2. The number of guanidine groups is 1. The average molecular weight is 386 g/mol. The van der Waals surface area contributed by atoms with Gasteiger partial charge in [0.25, 0.3) is 0 Å². The number of anilines is 1. The first-order valence-corrected chi connectivity index (χ1v) is 9.45. The smallest absolute Gasteiger partial charge is 0.193 e. The van der Waals surface area contributed by atoms with Crippen LogP contribution in [0.3, 0.4) is 0 Å². The molecule has 0 aliphatic carbocycles. The molecule has 0 unspecified atom stereocenters. The fourth-order valence-electron chi connectivity index (χ4n) is 2.83. The Morgan fingerprint density at radius 3 is 2.61 bits per heavy atom. The molecule has 2 rings (SSSR count). The standard InChI is InChI=1S/C21H31N5O2/c1-22-21(25-14-8-7-13-24-20-9-5-6-12-23-20)26(2)16-17-10-11-18(27-3)15-19(17)28-4/h5-6,9-12,15H,7-8,13-14,16H2,1-4H3,(H,22,25)(H,23,24). The van der Waals surface area contributed by atoms with Crippen LogP contribution in [0.1, 0.15) is 18.4 Å². The fourth-order valence-corrected chi connectivity index (χ4v) is 2.83. The third-order valence-electron chi connectivity index (χ3n) is 4.33. The Morgan fingerprint density at radius 1 is 1.11 bits per heavy atom. The molecule has 1 heterocycles. The van der Waals surface area contributed by atoms with Crippen molar-refractivity contribution in [2.75, 3.05) is 46.7 Å². The van der Waals surface area contributed by atoms with Gasteiger partial charge in [0.1, 0.15) is 17.3 Å². The van der Waals surface area contributed by atoms with Crippen LogP contribution in [0.2, 0.25) is 0 Å². The molecule has 1 aromatic heterocycles. The summed E-state index contributed by atoms with van der Waals surface area (Å²) in [5.74, 6) is 3.36. The summed E-state index contributed by atoms with van der Waals surface area (Å²) >= 11 is 0. The summed E-state index contributed by atoms with van der Waals surface area (Å²) < 4.78 is 10.7. The van der Waals surface area contributed by atoms with Crippen LogP contribution >= 0.6 is 0 Å². The Morgan fingerprint density at radius 2 is 1.93 bits per heavy atom. The average Bonchev–Trinajstić information content (AvgIpc) is 2.74. The lowest BCUT2D eigenvalue weighted by atomic mass is 10.2. The molecule has 0 saturated carbocycles. The van der Waals surface area contributed by atoms with Crippen molar-refractivity contribution in [1.82, 2.24) is 15.2 Å². The topological polar surface area (TPSA) is 71.0 Å². The highest BCUT2D eigenvalue weighted by Gasteiger charge is 2.11. The fraction of sp³-hybridized carbons (Fsp3) is 0.429. The number of pyridine rings is 1. The van der Waals surface area contributed by atoms with Crippen molar-refractivity contribution in [3.63, 3.8) is 0 Å². The Balaban J connectivity index is 1.75. The molecule has 0 bridgehead atoms. The number of nitrogens with one attached hydrogen (secondary N) is 2. The minimum absolute atomic E-state index is 0.689. The molecule has 2 aromatic rings. The van der Waals surface area contributed by atoms with Crippen LogP contribution in [-0.2, 0) is 6.54 Å². The van der Waals surface area contributed by atoms with Crippen LogP contribution in [0.25, 0.3) is 0 Å². The Bertz CT molecular complexity index is 737. The van der Waals surface area contributed by atoms with Crippen LogP contribution in [0.15, 0.2) is 47.6 Å². The van der Waals surface area contributed by atoms with E-state index in [0.717, 1.165) is 54.8 Å². The van der Waals surface area contributed by atoms with Gasteiger partial charge >= 0.3 is 0 Å². The van der Waals surface area contributed by atoms with Gasteiger partial charge in [-0.05, 0) is 37.1 Å². The predicted octanol–water partition coefficient (Wildman–Crippen LogP) is 3.00. The molecule has 0 fully saturated rings. The molecule has 28 heavy (non-hydrogen) atoms. The van der Waals surface area contributed by atoms with Crippen LogP contribution < -0.4 is 20.1 Å². The maximum absolute atomic E-state index is 5.49. The molecular weight excluding hydrogens is 354 g/mol. The normalized spacial score (nSPS) is 11.1. The highest BCUT2D eigenvalue weighted by molar-refractivity contribution is 5.79. The van der Waals surface area contributed by atoms with Crippen molar-refractivity contribution in [1.29, 1.82) is 0 Å². The molecule has 7 heteroatoms. The second-order valence-corrected chi connectivity index (χ2v) is 6.36. The molecule has 152 valence electrons. The maximum Gasteiger partial charge on any atom is 0.193 e. The van der Waals surface area contributed by atoms with Gasteiger partial charge in [0.2, 0.25) is 0 Å². The third-order valence-corrected chi connectivity index (χ3v) is 4.33. The van der Waals surface area contributed by atoms with Crippen LogP contribution in [0, 0.1) is 0 Å². The van der Waals surface area contributed by atoms with E-state index in [9.17, 15) is 0 Å². The summed E-state index contributed by atoms with van der Waals surface area (Å²) in [6.45, 7) is 2.45. The van der Waals surface area contributed by atoms with Gasteiger partial charge in [-0.25, -0.2) is 4.98 Å². The SMILES string of the molecule is CN=C(NCCCCNc1ccccn1)N(C)Cc1ccc(OC)cc1OC. The molecule has 0 aliphatic rings. The molecule has 0 radical (unpaired) electrons. The predicted molar refractivity (Wildman–Crippen MR) is 114 cm³/mol. The second-order valence-electron chi connectivity index (χ2n) is 6.36. The van der Waals surface area contributed by atoms with Gasteiger partial charge in [0, 0.05) is 51.6 Å². The summed E-state index contributed by atoms with van der Waals surface area (Å²) in [5, 5.41) is 6.74. The molecule has 7 nitrogen and oxygen atoms in total. The van der Waals surface area contributed by atoms with E-state index in [1.165, 1.54) is 0 Å². The minimum Gasteiger partial charge on any atom is -0.497 e. The highest BCUT2D eigenvalue weighted by Crippen LogP contribution is 2.25. The summed E-state index contributed by atoms with van der Waals surface area (Å²) in [5.41, 5.74) is 1.08. The van der Waals surface area contributed by atoms with Gasteiger partial charge in [-0.3, -0.25) is 4.99 Å². The second kappa shape index (κ2) is 11.7. The van der Waals surface area contributed by atoms with Crippen LogP contribution in [0.4, 0.5) is 5.82 Å². The van der Waals surface area contributed by atoms with E-state index in [4.69, 9.17) is 9.47 Å². The number of aromatic nitrogens is 1. The molecule has 0 amide bonds. The number of nitrogens with zero attached hydrogens (tertiary/aromatic N) is 3. The summed E-state index contributed by atoms with van der Waals surface area (Å²) in [6.07, 6.45) is 3.89. The van der Waals surface area contributed by atoms with Gasteiger partial charge in [-0.2, -0.15) is 0 Å². The van der Waals surface area contributed by atoms with Gasteiger partial charge in [0.05, 0.1) is 14.2 Å². The van der Waals surface area contributed by atoms with E-state index in [1.807, 2.05) is 43.4 Å². The van der Waals surface area contributed by atoms with Crippen molar-refractivity contribution in [3.05, 3.63) is 48.2 Å². The van der Waals surface area contributed by atoms with Crippen molar-refractivity contribution in [2.24, 2.45) is 4.99 Å². The van der Waals surface area contributed by atoms with Crippen molar-refractivity contribution < 1.29 is 9.47 Å². The van der Waals surface area contributed by atoms with E-state index in [1.54, 1.807) is 27.5 Å². The van der Waals surface area contributed by atoms with E-state index in [2.05, 4.69) is 25.5 Å². The third kappa shape index (κ3) is 6.64. The van der Waals surface area contributed by atoms with E-state index >= 15 is 0 Å². The lowest BCUT2D eigenvalue weighted by Gasteiger charge is -2.23. The Hall–Kier alpha value is -2.96. The molecule has 0 aliphatic heterocycles. The minimum atomic E-state index is 0.689. The first-order valence-electron chi connectivity index (χ1n) is 9.45. The number of ether oxygens (including phenoxy) is 2. The van der Waals surface area contributed by atoms with Crippen molar-refractivity contribution in [3.8, 4) is 11.5 Å². The lowest BCUT2D eigenvalue weighted by molar-refractivity contribution is 0.382. The summed E-state index contributed by atoms with van der Waals surface area (Å²) in [7, 11) is 7.14. The van der Waals surface area contributed by atoms with E-state index in [-0.39, 0.29) is 0 Å². The van der Waals surface area contributed by atoms with Gasteiger partial charge in [-0.15, -0.1) is 0 Å². The summed E-state index contributed by atoms with van der Waals surface area (Å²) in [6, 6.07) is 11.7. The van der Waals surface area contributed by atoms with Gasteiger partial charge in [-0.1, -0.05) is 6.07 Å². The molecule has 0 atom stereocenters. The Labute approximate surface area is 167 Å². The van der Waals surface area contributed by atoms with E-state index in [0.29, 0.717) is 6.54 Å². The van der Waals surface area contributed by atoms with Crippen molar-refractivity contribution in [2.45, 2.75) is 19.4 Å². The van der Waals surface area contributed by atoms with Crippen LogP contribution in [0.5, 0.6) is 11.5 Å². The highest BCUT2D eigenvalue weighted by atomic mass is 16.5. The molecule has 0 spiro atoms. The number of aliphatic imine (C=N–C) groups is 1. The summed E-state index contributed by atoms with van der Waals surface area (Å²) in [4.78, 5) is 10.7. The number of unbranched alkanes of at least 4 members (excludes halogenated alkanes) is 1. The van der Waals surface area contributed by atoms with E-state index < -0.39 is 0 Å². The number of hydrogen-bond acceptors (Lipinski definition) is 5. The maximum atomic E-state index is 5.49. The largest absolute Gasteiger partial charge is 0.497 e. The number of hydrogen-bond donors (Lipinski definition) is 2. The first kappa shape index (κ1) is 21.3. The number of methoxy groups -OCH3 is 2. The first-order chi connectivity index (χ1) is 13.7. The molecule has 1 aromatic carbocycles. The molecule has 0 saturated heterocycles. The zero-order valence-corrected chi connectivity index (χ0v) is 17.2. The zero-order chi connectivity index (χ0) is 20.2. The van der Waals surface area contributed by atoms with Crippen LogP contribution in [-0.4, -0.2) is 57.2 Å². The quantitative estimate of drug-likeness (QED) is 0.372. The van der Waals surface area contributed by atoms with Gasteiger partial charge < -0.3 is 25.0 Å². The molecule has 2 N–H and O–H groups in total. The number of rotatable bonds is 10. The lowest BCUT2D eigenvalue weighted by Crippen LogP contribution is -2.39. The monoisotopic (exact) mass is 385 g/mol. The van der Waals surface area contributed by atoms with Gasteiger partial charge in [0.15, 0.2) is 5.96 Å².